The van der Waals surface area contributed by atoms with Crippen molar-refractivity contribution in [3.63, 3.8) is 0 Å². The first-order valence-electron chi connectivity index (χ1n) is 10.7. The number of hydrogen-bond acceptors (Lipinski definition) is 0. The highest BCUT2D eigenvalue weighted by Gasteiger charge is 2.57. The third-order valence-corrected chi connectivity index (χ3v) is 8.35. The van der Waals surface area contributed by atoms with Crippen LogP contribution in [0.2, 0.25) is 0 Å². The number of aromatic nitrogens is 1. The van der Waals surface area contributed by atoms with Crippen molar-refractivity contribution in [2.45, 2.75) is 96.4 Å². The van der Waals surface area contributed by atoms with E-state index in [9.17, 15) is 0 Å². The summed E-state index contributed by atoms with van der Waals surface area (Å²) in [6.45, 7) is 19.4. The molecule has 2 atom stereocenters. The molecular formula is C26H36N+. The van der Waals surface area contributed by atoms with Crippen molar-refractivity contribution in [3.8, 4) is 11.3 Å². The summed E-state index contributed by atoms with van der Waals surface area (Å²) in [5.41, 5.74) is 8.21. The lowest BCUT2D eigenvalue weighted by Crippen LogP contribution is -2.67. The molecule has 27 heavy (non-hydrogen) atoms. The molecule has 4 rings (SSSR count). The molecule has 1 aromatic carbocycles. The molecule has 2 unspecified atom stereocenters. The van der Waals surface area contributed by atoms with E-state index >= 15 is 0 Å². The van der Waals surface area contributed by atoms with E-state index in [0.29, 0.717) is 0 Å². The molecule has 2 heterocycles. The summed E-state index contributed by atoms with van der Waals surface area (Å²) in [5.74, 6) is 0. The summed E-state index contributed by atoms with van der Waals surface area (Å²) in [5, 5.41) is 0. The fourth-order valence-electron chi connectivity index (χ4n) is 6.46. The van der Waals surface area contributed by atoms with Crippen molar-refractivity contribution in [2.75, 3.05) is 0 Å². The van der Waals surface area contributed by atoms with Crippen LogP contribution >= 0.6 is 0 Å². The molecule has 0 saturated heterocycles. The second-order valence-corrected chi connectivity index (χ2v) is 10.7. The lowest BCUT2D eigenvalue weighted by Gasteiger charge is -2.46. The fraction of sp³-hybridized carbons (Fsp3) is 0.577. The molecular weight excluding hydrogens is 326 g/mol. The summed E-state index contributed by atoms with van der Waals surface area (Å²) in [6.07, 6.45) is 5.80. The highest BCUT2D eigenvalue weighted by Crippen LogP contribution is 2.55. The van der Waals surface area contributed by atoms with Gasteiger partial charge in [0.2, 0.25) is 5.69 Å². The summed E-state index contributed by atoms with van der Waals surface area (Å²) >= 11 is 0. The zero-order valence-corrected chi connectivity index (χ0v) is 18.5. The quantitative estimate of drug-likeness (QED) is 0.544. The van der Waals surface area contributed by atoms with Gasteiger partial charge in [-0.3, -0.25) is 0 Å². The van der Waals surface area contributed by atoms with Gasteiger partial charge in [-0.05, 0) is 59.4 Å². The van der Waals surface area contributed by atoms with Crippen molar-refractivity contribution in [3.05, 3.63) is 53.2 Å². The van der Waals surface area contributed by atoms with E-state index in [4.69, 9.17) is 0 Å². The van der Waals surface area contributed by atoms with Crippen LogP contribution in [0.4, 0.5) is 0 Å². The fourth-order valence-corrected chi connectivity index (χ4v) is 6.46. The molecule has 1 aromatic heterocycles. The molecule has 1 aliphatic heterocycles. The van der Waals surface area contributed by atoms with Crippen LogP contribution in [0.1, 0.15) is 91.3 Å². The number of rotatable bonds is 2. The molecule has 1 heteroatoms. The zero-order chi connectivity index (χ0) is 19.8. The SMILES string of the molecule is CCC1(C)c2cc3c(cc2-c2cccc[n+]2C1(C)CC)C(C)(C)CC3(C)C. The highest BCUT2D eigenvalue weighted by atomic mass is 15.1. The van der Waals surface area contributed by atoms with E-state index in [1.165, 1.54) is 17.7 Å². The van der Waals surface area contributed by atoms with Gasteiger partial charge in [0, 0.05) is 25.5 Å². The lowest BCUT2D eigenvalue weighted by atomic mass is 9.60. The number of nitrogens with zero attached hydrogens (tertiary/aromatic N) is 1. The monoisotopic (exact) mass is 362 g/mol. The van der Waals surface area contributed by atoms with Crippen LogP contribution in [0.15, 0.2) is 36.5 Å². The Morgan fingerprint density at radius 3 is 2.04 bits per heavy atom. The molecule has 0 spiro atoms. The minimum atomic E-state index is 0.0812. The van der Waals surface area contributed by atoms with Gasteiger partial charge in [-0.2, -0.15) is 4.57 Å². The third-order valence-electron chi connectivity index (χ3n) is 8.35. The Labute approximate surface area is 165 Å². The van der Waals surface area contributed by atoms with Crippen molar-refractivity contribution in [2.24, 2.45) is 0 Å². The topological polar surface area (TPSA) is 3.88 Å². The van der Waals surface area contributed by atoms with Gasteiger partial charge in [0.1, 0.15) is 0 Å². The minimum absolute atomic E-state index is 0.0812. The predicted octanol–water partition coefficient (Wildman–Crippen LogP) is 6.41. The Morgan fingerprint density at radius 2 is 1.44 bits per heavy atom. The van der Waals surface area contributed by atoms with Crippen molar-refractivity contribution in [1.29, 1.82) is 0 Å². The second-order valence-electron chi connectivity index (χ2n) is 10.7. The molecule has 0 amide bonds. The van der Waals surface area contributed by atoms with Gasteiger partial charge in [-0.25, -0.2) is 0 Å². The molecule has 0 fully saturated rings. The van der Waals surface area contributed by atoms with Gasteiger partial charge in [-0.1, -0.05) is 47.6 Å². The Morgan fingerprint density at radius 1 is 0.815 bits per heavy atom. The molecule has 0 saturated carbocycles. The smallest absolute Gasteiger partial charge is 0.192 e. The van der Waals surface area contributed by atoms with Crippen LogP contribution < -0.4 is 4.57 Å². The first kappa shape index (κ1) is 18.7. The standard InChI is InChI=1S/C26H36N/c1-9-25(7)19-16-21-20(23(3,4)17-24(21,5)6)15-18(19)22-13-11-12-14-27(22)26(25,8)10-2/h11-16H,9-10,17H2,1-8H3/q+1. The van der Waals surface area contributed by atoms with Crippen LogP contribution in [0.5, 0.6) is 0 Å². The van der Waals surface area contributed by atoms with E-state index < -0.39 is 0 Å². The lowest BCUT2D eigenvalue weighted by molar-refractivity contribution is -0.765. The number of benzene rings is 1. The van der Waals surface area contributed by atoms with Gasteiger partial charge >= 0.3 is 0 Å². The molecule has 1 aliphatic carbocycles. The zero-order valence-electron chi connectivity index (χ0n) is 18.5. The Kier molecular flexibility index (Phi) is 3.79. The van der Waals surface area contributed by atoms with Crippen molar-refractivity contribution >= 4 is 0 Å². The molecule has 2 aromatic rings. The van der Waals surface area contributed by atoms with Crippen LogP contribution in [0.25, 0.3) is 11.3 Å². The molecule has 144 valence electrons. The Balaban J connectivity index is 2.13. The van der Waals surface area contributed by atoms with Gasteiger partial charge < -0.3 is 0 Å². The average molecular weight is 363 g/mol. The third kappa shape index (κ3) is 2.20. The molecule has 1 nitrogen and oxygen atoms in total. The maximum absolute atomic E-state index is 2.60. The Bertz CT molecular complexity index is 920. The largest absolute Gasteiger partial charge is 0.213 e. The predicted molar refractivity (Wildman–Crippen MR) is 114 cm³/mol. The van der Waals surface area contributed by atoms with E-state index in [1.807, 2.05) is 0 Å². The average Bonchev–Trinajstić information content (AvgIpc) is 2.82. The van der Waals surface area contributed by atoms with Gasteiger partial charge in [0.05, 0.1) is 11.0 Å². The first-order chi connectivity index (χ1) is 12.5. The molecule has 0 radical (unpaired) electrons. The number of pyridine rings is 1. The highest BCUT2D eigenvalue weighted by molar-refractivity contribution is 5.69. The summed E-state index contributed by atoms with van der Waals surface area (Å²) in [7, 11) is 0. The van der Waals surface area contributed by atoms with E-state index in [-0.39, 0.29) is 21.8 Å². The maximum atomic E-state index is 2.60. The van der Waals surface area contributed by atoms with Crippen LogP contribution in [0.3, 0.4) is 0 Å². The normalized spacial score (nSPS) is 29.8. The maximum Gasteiger partial charge on any atom is 0.213 e. The van der Waals surface area contributed by atoms with Crippen LogP contribution in [0, 0.1) is 0 Å². The first-order valence-corrected chi connectivity index (χ1v) is 10.7. The number of fused-ring (bicyclic) bond motifs is 4. The van der Waals surface area contributed by atoms with Crippen molar-refractivity contribution in [1.82, 2.24) is 0 Å². The van der Waals surface area contributed by atoms with E-state index in [1.54, 1.807) is 16.7 Å². The second kappa shape index (κ2) is 5.46. The summed E-state index contributed by atoms with van der Waals surface area (Å²) < 4.78 is 2.57. The molecule has 0 N–H and O–H groups in total. The number of hydrogen-bond donors (Lipinski definition) is 0. The van der Waals surface area contributed by atoms with Gasteiger partial charge in [0.25, 0.3) is 0 Å². The van der Waals surface area contributed by atoms with Gasteiger partial charge in [0.15, 0.2) is 11.7 Å². The van der Waals surface area contributed by atoms with E-state index in [2.05, 4.69) is 96.5 Å². The summed E-state index contributed by atoms with van der Waals surface area (Å²) in [6, 6.07) is 11.9. The Hall–Kier alpha value is -1.63. The minimum Gasteiger partial charge on any atom is -0.192 e. The van der Waals surface area contributed by atoms with E-state index in [0.717, 1.165) is 12.8 Å². The van der Waals surface area contributed by atoms with Crippen molar-refractivity contribution < 1.29 is 4.57 Å². The van der Waals surface area contributed by atoms with Crippen LogP contribution in [-0.4, -0.2) is 0 Å². The molecule has 0 bridgehead atoms. The van der Waals surface area contributed by atoms with Gasteiger partial charge in [-0.15, -0.1) is 0 Å². The van der Waals surface area contributed by atoms with Crippen LogP contribution in [-0.2, 0) is 21.8 Å². The summed E-state index contributed by atoms with van der Waals surface area (Å²) in [4.78, 5) is 0. The molecule has 2 aliphatic rings.